The quantitative estimate of drug-likeness (QED) is 0.274. The Hall–Kier alpha value is -4.35. The lowest BCUT2D eigenvalue weighted by Gasteiger charge is -2.31. The van der Waals surface area contributed by atoms with Crippen molar-refractivity contribution in [1.82, 2.24) is 34.3 Å². The summed E-state index contributed by atoms with van der Waals surface area (Å²) in [6.45, 7) is 4.33. The molecule has 7 rings (SSSR count). The number of aromatic nitrogens is 4. The van der Waals surface area contributed by atoms with Crippen molar-refractivity contribution in [1.29, 1.82) is 0 Å². The van der Waals surface area contributed by atoms with Crippen LogP contribution in [-0.2, 0) is 22.8 Å². The molecule has 0 radical (unpaired) electrons. The van der Waals surface area contributed by atoms with Gasteiger partial charge in [0.15, 0.2) is 5.82 Å². The number of halogens is 1. The minimum absolute atomic E-state index is 0.222. The SMILES string of the molecule is Cn1nc(N2CCC(=O)NC2=O)c2ccc(C3CCN(CC#Cc4cccc(S(=O)N5CCC(Nc6ncc(Cl)cn6)CC5)c4)CC3)cc21. The van der Waals surface area contributed by atoms with Crippen LogP contribution in [0, 0.1) is 11.8 Å². The highest BCUT2D eigenvalue weighted by Gasteiger charge is 2.29. The number of hydrogen-bond acceptors (Lipinski definition) is 8. The van der Waals surface area contributed by atoms with Gasteiger partial charge in [0.25, 0.3) is 0 Å². The number of urea groups is 1. The number of piperidine rings is 2. The Kier molecular flexibility index (Phi) is 9.91. The molecule has 0 bridgehead atoms. The summed E-state index contributed by atoms with van der Waals surface area (Å²) in [5.74, 6) is 7.95. The lowest BCUT2D eigenvalue weighted by atomic mass is 9.89. The Morgan fingerprint density at radius 1 is 1.00 bits per heavy atom. The summed E-state index contributed by atoms with van der Waals surface area (Å²) in [6.07, 6.45) is 7.16. The van der Waals surface area contributed by atoms with E-state index >= 15 is 0 Å². The van der Waals surface area contributed by atoms with Gasteiger partial charge in [0.1, 0.15) is 11.0 Å². The topological polar surface area (TPSA) is 129 Å². The van der Waals surface area contributed by atoms with Crippen LogP contribution >= 0.6 is 11.6 Å². The molecule has 2 N–H and O–H groups in total. The van der Waals surface area contributed by atoms with Crippen LogP contribution in [0.2, 0.25) is 5.02 Å². The minimum atomic E-state index is -1.25. The van der Waals surface area contributed by atoms with Crippen molar-refractivity contribution in [3.63, 3.8) is 0 Å². The molecule has 3 aliphatic rings. The van der Waals surface area contributed by atoms with Crippen molar-refractivity contribution in [2.24, 2.45) is 7.05 Å². The van der Waals surface area contributed by atoms with Crippen LogP contribution < -0.4 is 15.5 Å². The number of carbonyl (C=O) groups excluding carboxylic acids is 2. The molecule has 3 aliphatic heterocycles. The molecule has 14 heteroatoms. The van der Waals surface area contributed by atoms with E-state index in [2.05, 4.69) is 54.6 Å². The number of anilines is 2. The van der Waals surface area contributed by atoms with E-state index in [0.717, 1.165) is 60.1 Å². The fraction of sp³-hybridized carbons (Fsp3) is 0.400. The van der Waals surface area contributed by atoms with E-state index in [4.69, 9.17) is 11.6 Å². The number of fused-ring (bicyclic) bond motifs is 1. The van der Waals surface area contributed by atoms with Gasteiger partial charge in [-0.2, -0.15) is 5.10 Å². The summed E-state index contributed by atoms with van der Waals surface area (Å²) in [7, 11) is 0.638. The largest absolute Gasteiger partial charge is 0.351 e. The van der Waals surface area contributed by atoms with Crippen LogP contribution in [0.15, 0.2) is 59.8 Å². The standard InChI is InChI=1S/C35H38ClN9O3S/c1-42-31-21-26(7-8-30(31)33(41-42)45-19-13-32(46)40-35(45)47)25-9-15-43(16-10-25)14-3-5-24-4-2-6-29(20-24)49(48)44-17-11-28(12-18-44)39-34-37-22-27(36)23-38-34/h2,4,6-8,20-23,25,28H,9-19H2,1H3,(H,37,38,39)(H,40,46,47). The second-order valence-corrected chi connectivity index (χ2v) is 14.6. The molecular formula is C35H38ClN9O3S. The van der Waals surface area contributed by atoms with Crippen molar-refractivity contribution in [3.8, 4) is 11.8 Å². The summed E-state index contributed by atoms with van der Waals surface area (Å²) in [6, 6.07) is 13.9. The first-order valence-corrected chi connectivity index (χ1v) is 18.1. The molecule has 3 fully saturated rings. The van der Waals surface area contributed by atoms with Gasteiger partial charge >= 0.3 is 6.03 Å². The Morgan fingerprint density at radius 2 is 1.78 bits per heavy atom. The Balaban J connectivity index is 0.902. The number of nitrogens with zero attached hydrogens (tertiary/aromatic N) is 7. The highest BCUT2D eigenvalue weighted by molar-refractivity contribution is 7.82. The van der Waals surface area contributed by atoms with E-state index in [9.17, 15) is 13.8 Å². The van der Waals surface area contributed by atoms with Crippen LogP contribution in [-0.4, -0.2) is 90.4 Å². The molecule has 1 unspecified atom stereocenters. The second kappa shape index (κ2) is 14.6. The smallest absolute Gasteiger partial charge is 0.329 e. The number of hydrogen-bond donors (Lipinski definition) is 2. The maximum atomic E-state index is 13.4. The third kappa shape index (κ3) is 7.63. The van der Waals surface area contributed by atoms with E-state index < -0.39 is 17.0 Å². The summed E-state index contributed by atoms with van der Waals surface area (Å²) in [5.41, 5.74) is 3.11. The van der Waals surface area contributed by atoms with Gasteiger partial charge in [-0.3, -0.25) is 24.6 Å². The van der Waals surface area contributed by atoms with Crippen molar-refractivity contribution in [2.45, 2.75) is 49.0 Å². The van der Waals surface area contributed by atoms with Gasteiger partial charge in [-0.1, -0.05) is 35.6 Å². The molecule has 1 atom stereocenters. The normalized spacial score (nSPS) is 19.0. The first kappa shape index (κ1) is 33.2. The second-order valence-electron chi connectivity index (χ2n) is 12.7. The maximum absolute atomic E-state index is 13.4. The molecule has 3 saturated heterocycles. The zero-order valence-electron chi connectivity index (χ0n) is 27.3. The monoisotopic (exact) mass is 699 g/mol. The van der Waals surface area contributed by atoms with Gasteiger partial charge in [0.2, 0.25) is 11.9 Å². The summed E-state index contributed by atoms with van der Waals surface area (Å²) >= 11 is 5.89. The lowest BCUT2D eigenvalue weighted by Crippen LogP contribution is -2.49. The molecule has 4 aromatic rings. The van der Waals surface area contributed by atoms with Gasteiger partial charge in [-0.05, 0) is 80.6 Å². The van der Waals surface area contributed by atoms with Gasteiger partial charge in [0.05, 0.1) is 34.4 Å². The van der Waals surface area contributed by atoms with E-state index in [1.54, 1.807) is 17.3 Å². The molecule has 0 aliphatic carbocycles. The third-order valence-corrected chi connectivity index (χ3v) is 11.1. The molecule has 2 aromatic carbocycles. The number of amides is 3. The van der Waals surface area contributed by atoms with Gasteiger partial charge in [-0.25, -0.2) is 23.3 Å². The van der Waals surface area contributed by atoms with Crippen LogP contribution in [0.25, 0.3) is 10.9 Å². The van der Waals surface area contributed by atoms with Crippen LogP contribution in [0.4, 0.5) is 16.6 Å². The number of aryl methyl sites for hydroxylation is 1. The molecule has 254 valence electrons. The minimum Gasteiger partial charge on any atom is -0.351 e. The predicted octanol–water partition coefficient (Wildman–Crippen LogP) is 4.29. The van der Waals surface area contributed by atoms with Crippen LogP contribution in [0.5, 0.6) is 0 Å². The zero-order chi connectivity index (χ0) is 33.9. The number of nitrogens with one attached hydrogen (secondary N) is 2. The van der Waals surface area contributed by atoms with Crippen molar-refractivity contribution in [2.75, 3.05) is 49.5 Å². The molecule has 0 saturated carbocycles. The highest BCUT2D eigenvalue weighted by Crippen LogP contribution is 2.33. The molecule has 49 heavy (non-hydrogen) atoms. The Bertz CT molecular complexity index is 1940. The summed E-state index contributed by atoms with van der Waals surface area (Å²) in [5, 5.41) is 11.8. The molecular weight excluding hydrogens is 662 g/mol. The van der Waals surface area contributed by atoms with E-state index in [0.29, 0.717) is 48.9 Å². The lowest BCUT2D eigenvalue weighted by molar-refractivity contribution is -0.120. The van der Waals surface area contributed by atoms with Gasteiger partial charge < -0.3 is 5.32 Å². The molecule has 5 heterocycles. The van der Waals surface area contributed by atoms with Crippen molar-refractivity contribution in [3.05, 3.63) is 71.0 Å². The summed E-state index contributed by atoms with van der Waals surface area (Å²) in [4.78, 5) is 37.2. The average Bonchev–Trinajstić information content (AvgIpc) is 3.44. The number of benzene rings is 2. The van der Waals surface area contributed by atoms with Gasteiger partial charge in [-0.15, -0.1) is 0 Å². The predicted molar refractivity (Wildman–Crippen MR) is 190 cm³/mol. The van der Waals surface area contributed by atoms with E-state index in [1.807, 2.05) is 46.4 Å². The molecule has 12 nitrogen and oxygen atoms in total. The van der Waals surface area contributed by atoms with Crippen molar-refractivity contribution < 1.29 is 13.8 Å². The first-order valence-electron chi connectivity index (χ1n) is 16.6. The van der Waals surface area contributed by atoms with Crippen molar-refractivity contribution >= 4 is 57.2 Å². The molecule has 3 amide bonds. The number of carbonyl (C=O) groups is 2. The van der Waals surface area contributed by atoms with Crippen LogP contribution in [0.3, 0.4) is 0 Å². The average molecular weight is 700 g/mol. The number of rotatable bonds is 7. The first-order chi connectivity index (χ1) is 23.8. The Morgan fingerprint density at radius 3 is 2.53 bits per heavy atom. The Labute approximate surface area is 292 Å². The fourth-order valence-corrected chi connectivity index (χ4v) is 8.08. The van der Waals surface area contributed by atoms with E-state index in [-0.39, 0.29) is 18.4 Å². The van der Waals surface area contributed by atoms with E-state index in [1.165, 1.54) is 5.56 Å². The highest BCUT2D eigenvalue weighted by atomic mass is 35.5. The molecule has 0 spiro atoms. The van der Waals surface area contributed by atoms with Crippen LogP contribution in [0.1, 0.15) is 49.1 Å². The summed E-state index contributed by atoms with van der Waals surface area (Å²) < 4.78 is 17.2. The fourth-order valence-electron chi connectivity index (χ4n) is 6.72. The number of likely N-dealkylation sites (tertiary alicyclic amines) is 1. The molecule has 2 aromatic heterocycles. The zero-order valence-corrected chi connectivity index (χ0v) is 28.8. The maximum Gasteiger partial charge on any atom is 0.329 e. The van der Waals surface area contributed by atoms with Gasteiger partial charge in [0, 0.05) is 50.1 Å². The third-order valence-electron chi connectivity index (χ3n) is 9.44. The number of imide groups is 1.